The van der Waals surface area contributed by atoms with Crippen LogP contribution in [0.3, 0.4) is 0 Å². The fraction of sp³-hybridized carbons (Fsp3) is 0.167. The SMILES string of the molecule is CN1PN(C)c2cccc3cccc1c23. The molecular weight excluding hydrogens is 203 g/mol. The highest BCUT2D eigenvalue weighted by atomic mass is 31.1. The van der Waals surface area contributed by atoms with Gasteiger partial charge in [-0.05, 0) is 17.5 Å². The molecule has 0 aliphatic carbocycles. The van der Waals surface area contributed by atoms with Gasteiger partial charge in [0, 0.05) is 19.5 Å². The van der Waals surface area contributed by atoms with E-state index in [1.54, 1.807) is 0 Å². The van der Waals surface area contributed by atoms with Gasteiger partial charge in [-0.1, -0.05) is 24.3 Å². The molecule has 0 bridgehead atoms. The molecular formula is C12H13N2P. The highest BCUT2D eigenvalue weighted by Gasteiger charge is 2.18. The summed E-state index contributed by atoms with van der Waals surface area (Å²) in [5.41, 5.74) is 2.69. The summed E-state index contributed by atoms with van der Waals surface area (Å²) in [6.07, 6.45) is 0. The van der Waals surface area contributed by atoms with E-state index in [0.717, 1.165) is 0 Å². The van der Waals surface area contributed by atoms with Crippen molar-refractivity contribution in [3.05, 3.63) is 36.4 Å². The highest BCUT2D eigenvalue weighted by Crippen LogP contribution is 2.45. The summed E-state index contributed by atoms with van der Waals surface area (Å²) in [5.74, 6) is 0. The van der Waals surface area contributed by atoms with Crippen LogP contribution < -0.4 is 9.34 Å². The minimum atomic E-state index is 0.698. The number of nitrogens with zero attached hydrogens (tertiary/aromatic N) is 2. The van der Waals surface area contributed by atoms with Crippen LogP contribution >= 0.6 is 8.88 Å². The summed E-state index contributed by atoms with van der Waals surface area (Å²) >= 11 is 0. The molecule has 0 amide bonds. The Bertz CT molecular complexity index is 481. The van der Waals surface area contributed by atoms with E-state index in [1.165, 1.54) is 22.1 Å². The van der Waals surface area contributed by atoms with Crippen molar-refractivity contribution in [2.75, 3.05) is 23.4 Å². The topological polar surface area (TPSA) is 6.48 Å². The van der Waals surface area contributed by atoms with Crippen molar-refractivity contribution in [3.63, 3.8) is 0 Å². The van der Waals surface area contributed by atoms with Crippen LogP contribution in [0.25, 0.3) is 10.8 Å². The Labute approximate surface area is 91.4 Å². The van der Waals surface area contributed by atoms with Crippen LogP contribution in [0, 0.1) is 0 Å². The van der Waals surface area contributed by atoms with E-state index in [9.17, 15) is 0 Å². The van der Waals surface area contributed by atoms with Crippen molar-refractivity contribution in [2.45, 2.75) is 0 Å². The highest BCUT2D eigenvalue weighted by molar-refractivity contribution is 7.42. The molecule has 0 radical (unpaired) electrons. The normalized spacial score (nSPS) is 14.8. The molecule has 0 atom stereocenters. The van der Waals surface area contributed by atoms with Crippen LogP contribution in [0.15, 0.2) is 36.4 Å². The maximum atomic E-state index is 2.31. The Morgan fingerprint density at radius 2 is 1.40 bits per heavy atom. The molecule has 0 spiro atoms. The predicted molar refractivity (Wildman–Crippen MR) is 69.1 cm³/mol. The molecule has 0 N–H and O–H groups in total. The summed E-state index contributed by atoms with van der Waals surface area (Å²) in [4.78, 5) is 0. The van der Waals surface area contributed by atoms with E-state index in [0.29, 0.717) is 8.88 Å². The summed E-state index contributed by atoms with van der Waals surface area (Å²) in [5, 5.41) is 2.71. The second-order valence-corrected chi connectivity index (χ2v) is 5.41. The van der Waals surface area contributed by atoms with Crippen molar-refractivity contribution in [1.82, 2.24) is 0 Å². The smallest absolute Gasteiger partial charge is 0.0793 e. The lowest BCUT2D eigenvalue weighted by Crippen LogP contribution is -2.20. The summed E-state index contributed by atoms with van der Waals surface area (Å²) < 4.78 is 4.63. The van der Waals surface area contributed by atoms with Crippen LogP contribution in [0.1, 0.15) is 0 Å². The van der Waals surface area contributed by atoms with Crippen molar-refractivity contribution >= 4 is 31.0 Å². The summed E-state index contributed by atoms with van der Waals surface area (Å²) in [6.45, 7) is 0. The number of rotatable bonds is 0. The Kier molecular flexibility index (Phi) is 1.86. The minimum Gasteiger partial charge on any atom is -0.339 e. The van der Waals surface area contributed by atoms with E-state index < -0.39 is 0 Å². The minimum absolute atomic E-state index is 0.698. The van der Waals surface area contributed by atoms with Crippen molar-refractivity contribution < 1.29 is 0 Å². The fourth-order valence-electron chi connectivity index (χ4n) is 2.19. The lowest BCUT2D eigenvalue weighted by molar-refractivity contribution is 1.27. The molecule has 0 unspecified atom stereocenters. The van der Waals surface area contributed by atoms with Crippen LogP contribution in [0.2, 0.25) is 0 Å². The molecule has 3 rings (SSSR count). The molecule has 0 saturated carbocycles. The van der Waals surface area contributed by atoms with Gasteiger partial charge in [-0.25, -0.2) is 0 Å². The molecule has 0 fully saturated rings. The molecule has 15 heavy (non-hydrogen) atoms. The molecule has 1 aliphatic heterocycles. The van der Waals surface area contributed by atoms with E-state index in [2.05, 4.69) is 59.8 Å². The zero-order chi connectivity index (χ0) is 10.4. The van der Waals surface area contributed by atoms with E-state index in [4.69, 9.17) is 0 Å². The molecule has 0 aromatic heterocycles. The van der Waals surface area contributed by atoms with E-state index in [1.807, 2.05) is 0 Å². The van der Waals surface area contributed by atoms with Gasteiger partial charge in [-0.3, -0.25) is 0 Å². The van der Waals surface area contributed by atoms with E-state index >= 15 is 0 Å². The van der Waals surface area contributed by atoms with Crippen LogP contribution in [0.4, 0.5) is 11.4 Å². The number of anilines is 2. The zero-order valence-electron chi connectivity index (χ0n) is 8.86. The van der Waals surface area contributed by atoms with Gasteiger partial charge >= 0.3 is 0 Å². The van der Waals surface area contributed by atoms with Gasteiger partial charge < -0.3 is 9.34 Å². The molecule has 76 valence electrons. The van der Waals surface area contributed by atoms with Crippen LogP contribution in [-0.4, -0.2) is 14.1 Å². The van der Waals surface area contributed by atoms with Gasteiger partial charge in [0.25, 0.3) is 0 Å². The third-order valence-corrected chi connectivity index (χ3v) is 3.97. The number of benzene rings is 2. The van der Waals surface area contributed by atoms with Gasteiger partial charge in [0.2, 0.25) is 0 Å². The third-order valence-electron chi connectivity index (χ3n) is 2.88. The Morgan fingerprint density at radius 1 is 0.867 bits per heavy atom. The second-order valence-electron chi connectivity index (χ2n) is 3.87. The largest absolute Gasteiger partial charge is 0.339 e. The first kappa shape index (κ1) is 8.99. The lowest BCUT2D eigenvalue weighted by Gasteiger charge is -2.34. The van der Waals surface area contributed by atoms with Crippen molar-refractivity contribution in [2.24, 2.45) is 0 Å². The first-order valence-electron chi connectivity index (χ1n) is 5.03. The molecule has 0 saturated heterocycles. The van der Waals surface area contributed by atoms with Gasteiger partial charge in [-0.2, -0.15) is 0 Å². The van der Waals surface area contributed by atoms with Gasteiger partial charge in [0.05, 0.1) is 20.3 Å². The Balaban J connectivity index is 2.45. The maximum Gasteiger partial charge on any atom is 0.0793 e. The molecule has 2 aromatic rings. The van der Waals surface area contributed by atoms with Gasteiger partial charge in [0.15, 0.2) is 0 Å². The molecule has 1 heterocycles. The molecule has 1 aliphatic rings. The van der Waals surface area contributed by atoms with Crippen LogP contribution in [-0.2, 0) is 0 Å². The Morgan fingerprint density at radius 3 is 1.93 bits per heavy atom. The number of hydrogen-bond acceptors (Lipinski definition) is 2. The van der Waals surface area contributed by atoms with E-state index in [-0.39, 0.29) is 0 Å². The van der Waals surface area contributed by atoms with Crippen LogP contribution in [0.5, 0.6) is 0 Å². The van der Waals surface area contributed by atoms with Crippen molar-refractivity contribution in [1.29, 1.82) is 0 Å². The standard InChI is InChI=1S/C12H13N2P/c1-13-10-7-3-5-9-6-4-8-11(12(9)10)14(2)15-13/h3-8,15H,1-2H3. The van der Waals surface area contributed by atoms with Gasteiger partial charge in [-0.15, -0.1) is 0 Å². The summed E-state index contributed by atoms with van der Waals surface area (Å²) in [6, 6.07) is 13.0. The van der Waals surface area contributed by atoms with Gasteiger partial charge in [0.1, 0.15) is 0 Å². The quantitative estimate of drug-likeness (QED) is 0.624. The maximum absolute atomic E-state index is 2.31. The average molecular weight is 216 g/mol. The predicted octanol–water partition coefficient (Wildman–Crippen LogP) is 3.23. The Hall–Kier alpha value is -1.27. The zero-order valence-corrected chi connectivity index (χ0v) is 9.86. The lowest BCUT2D eigenvalue weighted by atomic mass is 10.1. The fourth-order valence-corrected chi connectivity index (χ4v) is 3.23. The molecule has 2 nitrogen and oxygen atoms in total. The molecule has 2 aromatic carbocycles. The average Bonchev–Trinajstić information content (AvgIpc) is 2.25. The number of hydrogen-bond donors (Lipinski definition) is 0. The third kappa shape index (κ3) is 1.22. The summed E-state index contributed by atoms with van der Waals surface area (Å²) in [7, 11) is 5.00. The first-order valence-corrected chi connectivity index (χ1v) is 5.92. The van der Waals surface area contributed by atoms with Crippen molar-refractivity contribution in [3.8, 4) is 0 Å². The monoisotopic (exact) mass is 216 g/mol. The second kappa shape index (κ2) is 3.11. The molecule has 3 heteroatoms. The first-order chi connectivity index (χ1) is 7.27.